The first-order chi connectivity index (χ1) is 13.6. The molecular weight excluding hydrogens is 350 g/mol. The number of nitrogens with zero attached hydrogens (tertiary/aromatic N) is 4. The van der Waals surface area contributed by atoms with Crippen molar-refractivity contribution in [1.82, 2.24) is 19.7 Å². The average molecular weight is 375 g/mol. The van der Waals surface area contributed by atoms with Crippen molar-refractivity contribution in [3.63, 3.8) is 0 Å². The summed E-state index contributed by atoms with van der Waals surface area (Å²) in [6, 6.07) is 10.2. The lowest BCUT2D eigenvalue weighted by atomic mass is 9.98. The van der Waals surface area contributed by atoms with Gasteiger partial charge in [-0.1, -0.05) is 18.2 Å². The zero-order chi connectivity index (χ0) is 19.7. The lowest BCUT2D eigenvalue weighted by Crippen LogP contribution is -2.17. The quantitative estimate of drug-likeness (QED) is 0.671. The number of benzene rings is 1. The van der Waals surface area contributed by atoms with Gasteiger partial charge in [-0.3, -0.25) is 14.5 Å². The third-order valence-corrected chi connectivity index (χ3v) is 5.19. The van der Waals surface area contributed by atoms with Crippen LogP contribution in [0.15, 0.2) is 42.7 Å². The highest BCUT2D eigenvalue weighted by atomic mass is 16.2. The molecule has 1 amide bonds. The summed E-state index contributed by atoms with van der Waals surface area (Å²) >= 11 is 0. The summed E-state index contributed by atoms with van der Waals surface area (Å²) in [6.45, 7) is 4.20. The van der Waals surface area contributed by atoms with E-state index >= 15 is 0 Å². The second kappa shape index (κ2) is 7.56. The zero-order valence-electron chi connectivity index (χ0n) is 16.4. The molecule has 1 aromatic carbocycles. The number of aryl methyl sites for hydroxylation is 2. The number of pyridine rings is 1. The lowest BCUT2D eigenvalue weighted by molar-refractivity contribution is 0.0816. The Bertz CT molecular complexity index is 1020. The number of hydrogen-bond donors (Lipinski definition) is 1. The predicted molar refractivity (Wildman–Crippen MR) is 110 cm³/mol. The van der Waals surface area contributed by atoms with E-state index in [4.69, 9.17) is 10.7 Å². The molecule has 6 heteroatoms. The molecule has 0 fully saturated rings. The van der Waals surface area contributed by atoms with Gasteiger partial charge >= 0.3 is 0 Å². The van der Waals surface area contributed by atoms with Gasteiger partial charge in [0.05, 0.1) is 11.9 Å². The van der Waals surface area contributed by atoms with Crippen LogP contribution in [-0.2, 0) is 13.1 Å². The molecule has 2 aromatic heterocycles. The van der Waals surface area contributed by atoms with E-state index in [0.29, 0.717) is 13.1 Å². The molecule has 4 rings (SSSR count). The molecule has 0 spiro atoms. The van der Waals surface area contributed by atoms with Crippen LogP contribution in [0.25, 0.3) is 22.4 Å². The summed E-state index contributed by atoms with van der Waals surface area (Å²) in [4.78, 5) is 18.9. The number of unbranched alkanes of at least 4 members (excludes halogenated alkanes) is 1. The first kappa shape index (κ1) is 18.4. The molecule has 144 valence electrons. The van der Waals surface area contributed by atoms with Crippen LogP contribution in [0.5, 0.6) is 0 Å². The Morgan fingerprint density at radius 3 is 2.79 bits per heavy atom. The predicted octanol–water partition coefficient (Wildman–Crippen LogP) is 3.25. The van der Waals surface area contributed by atoms with Crippen molar-refractivity contribution in [2.24, 2.45) is 5.73 Å². The Balaban J connectivity index is 1.72. The SMILES string of the molecule is Cc1ccc(-c2cnn(CCCCN)c2)c(-c2ccc3c(c2)C(=O)N(C)C3)n1. The van der Waals surface area contributed by atoms with Gasteiger partial charge in [0.25, 0.3) is 5.91 Å². The van der Waals surface area contributed by atoms with Gasteiger partial charge in [0.2, 0.25) is 0 Å². The molecule has 0 unspecified atom stereocenters. The van der Waals surface area contributed by atoms with Crippen molar-refractivity contribution < 1.29 is 4.79 Å². The smallest absolute Gasteiger partial charge is 0.254 e. The van der Waals surface area contributed by atoms with E-state index in [0.717, 1.165) is 58.6 Å². The van der Waals surface area contributed by atoms with Crippen LogP contribution >= 0.6 is 0 Å². The molecule has 0 saturated heterocycles. The molecule has 0 bridgehead atoms. The molecule has 28 heavy (non-hydrogen) atoms. The summed E-state index contributed by atoms with van der Waals surface area (Å²) in [5.41, 5.74) is 12.2. The van der Waals surface area contributed by atoms with E-state index in [-0.39, 0.29) is 5.91 Å². The van der Waals surface area contributed by atoms with Crippen molar-refractivity contribution in [3.8, 4) is 22.4 Å². The number of nitrogens with two attached hydrogens (primary N) is 1. The highest BCUT2D eigenvalue weighted by Gasteiger charge is 2.25. The minimum atomic E-state index is 0.0683. The third kappa shape index (κ3) is 3.43. The first-order valence-corrected chi connectivity index (χ1v) is 9.66. The van der Waals surface area contributed by atoms with E-state index < -0.39 is 0 Å². The maximum atomic E-state index is 12.4. The van der Waals surface area contributed by atoms with Gasteiger partial charge in [0.1, 0.15) is 0 Å². The van der Waals surface area contributed by atoms with Gasteiger partial charge in [0.15, 0.2) is 0 Å². The van der Waals surface area contributed by atoms with Gasteiger partial charge in [-0.2, -0.15) is 5.10 Å². The molecule has 1 aliphatic rings. The second-order valence-electron chi connectivity index (χ2n) is 7.37. The van der Waals surface area contributed by atoms with Crippen LogP contribution < -0.4 is 5.73 Å². The fourth-order valence-electron chi connectivity index (χ4n) is 3.65. The monoisotopic (exact) mass is 375 g/mol. The van der Waals surface area contributed by atoms with Crippen molar-refractivity contribution in [1.29, 1.82) is 0 Å². The van der Waals surface area contributed by atoms with Gasteiger partial charge < -0.3 is 10.6 Å². The molecule has 3 heterocycles. The van der Waals surface area contributed by atoms with Crippen LogP contribution in [0.3, 0.4) is 0 Å². The van der Waals surface area contributed by atoms with Gasteiger partial charge in [-0.25, -0.2) is 0 Å². The number of fused-ring (bicyclic) bond motifs is 1. The number of hydrogen-bond acceptors (Lipinski definition) is 4. The molecule has 6 nitrogen and oxygen atoms in total. The largest absolute Gasteiger partial charge is 0.337 e. The minimum absolute atomic E-state index is 0.0683. The summed E-state index contributed by atoms with van der Waals surface area (Å²) in [7, 11) is 1.83. The molecule has 0 radical (unpaired) electrons. The Hall–Kier alpha value is -2.99. The Morgan fingerprint density at radius 2 is 1.96 bits per heavy atom. The summed E-state index contributed by atoms with van der Waals surface area (Å²) in [6.07, 6.45) is 5.93. The van der Waals surface area contributed by atoms with E-state index in [1.807, 2.05) is 43.0 Å². The van der Waals surface area contributed by atoms with Crippen molar-refractivity contribution >= 4 is 5.91 Å². The standard InChI is InChI=1S/C22H25N5O/c1-15-5-8-19(18-12-24-27(14-18)10-4-3-9-23)21(25-15)16-6-7-17-13-26(2)22(28)20(17)11-16/h5-8,11-12,14H,3-4,9-10,13,23H2,1-2H3. The highest BCUT2D eigenvalue weighted by Crippen LogP contribution is 2.33. The fraction of sp³-hybridized carbons (Fsp3) is 0.318. The second-order valence-corrected chi connectivity index (χ2v) is 7.37. The summed E-state index contributed by atoms with van der Waals surface area (Å²) < 4.78 is 1.95. The maximum Gasteiger partial charge on any atom is 0.254 e. The van der Waals surface area contributed by atoms with Crippen LogP contribution in [0.2, 0.25) is 0 Å². The third-order valence-electron chi connectivity index (χ3n) is 5.19. The number of carbonyl (C=O) groups is 1. The van der Waals surface area contributed by atoms with Crippen LogP contribution in [0.1, 0.15) is 34.5 Å². The van der Waals surface area contributed by atoms with Crippen LogP contribution in [0, 0.1) is 6.92 Å². The van der Waals surface area contributed by atoms with E-state index in [2.05, 4.69) is 23.4 Å². The van der Waals surface area contributed by atoms with Gasteiger partial charge in [0, 0.05) is 54.3 Å². The number of amides is 1. The van der Waals surface area contributed by atoms with Crippen LogP contribution in [-0.4, -0.2) is 39.2 Å². The average Bonchev–Trinajstić information content (AvgIpc) is 3.27. The molecule has 0 atom stereocenters. The normalized spacial score (nSPS) is 13.2. The maximum absolute atomic E-state index is 12.4. The number of rotatable bonds is 6. The van der Waals surface area contributed by atoms with E-state index in [1.54, 1.807) is 4.90 Å². The Kier molecular flexibility index (Phi) is 4.96. The summed E-state index contributed by atoms with van der Waals surface area (Å²) in [5.74, 6) is 0.0683. The Morgan fingerprint density at radius 1 is 1.11 bits per heavy atom. The lowest BCUT2D eigenvalue weighted by Gasteiger charge is -2.10. The minimum Gasteiger partial charge on any atom is -0.337 e. The summed E-state index contributed by atoms with van der Waals surface area (Å²) in [5, 5.41) is 4.49. The molecule has 0 saturated carbocycles. The Labute approximate surface area is 165 Å². The van der Waals surface area contributed by atoms with E-state index in [9.17, 15) is 4.79 Å². The topological polar surface area (TPSA) is 77.0 Å². The van der Waals surface area contributed by atoms with Crippen molar-refractivity contribution in [2.45, 2.75) is 32.9 Å². The van der Waals surface area contributed by atoms with E-state index in [1.165, 1.54) is 0 Å². The fourth-order valence-corrected chi connectivity index (χ4v) is 3.65. The molecule has 0 aliphatic carbocycles. The number of carbonyl (C=O) groups excluding carboxylic acids is 1. The van der Waals surface area contributed by atoms with Gasteiger partial charge in [-0.15, -0.1) is 0 Å². The van der Waals surface area contributed by atoms with Crippen molar-refractivity contribution in [2.75, 3.05) is 13.6 Å². The van der Waals surface area contributed by atoms with Crippen molar-refractivity contribution in [3.05, 3.63) is 59.5 Å². The van der Waals surface area contributed by atoms with Crippen LogP contribution in [0.4, 0.5) is 0 Å². The molecule has 1 aliphatic heterocycles. The number of aromatic nitrogens is 3. The molecule has 2 N–H and O–H groups in total. The highest BCUT2D eigenvalue weighted by molar-refractivity contribution is 5.99. The first-order valence-electron chi connectivity index (χ1n) is 9.66. The molecular formula is C22H25N5O. The molecule has 3 aromatic rings. The van der Waals surface area contributed by atoms with Gasteiger partial charge in [-0.05, 0) is 44.0 Å². The zero-order valence-corrected chi connectivity index (χ0v) is 16.4.